The van der Waals surface area contributed by atoms with Crippen molar-refractivity contribution in [2.24, 2.45) is 11.8 Å². The predicted octanol–water partition coefficient (Wildman–Crippen LogP) is 2.74. The van der Waals surface area contributed by atoms with Gasteiger partial charge in [0.25, 0.3) is 5.91 Å². The van der Waals surface area contributed by atoms with Gasteiger partial charge in [-0.3, -0.25) is 9.59 Å². The zero-order valence-electron chi connectivity index (χ0n) is 19.0. The second kappa shape index (κ2) is 9.95. The number of amides is 2. The van der Waals surface area contributed by atoms with Gasteiger partial charge in [0, 0.05) is 38.4 Å². The molecule has 32 heavy (non-hydrogen) atoms. The van der Waals surface area contributed by atoms with E-state index >= 15 is 0 Å². The standard InChI is InChI=1S/C23H36N4O4S/c1-17-9-12-26(13-10-17)23(29)21-14-20(15-24-21)32(30,31)27-11-5-6-18(16-27)22(28)25-19-7-3-2-4-8-19/h14-15,17-19,24H,2-13,16H2,1H3,(H,25,28). The minimum atomic E-state index is -3.76. The zero-order valence-corrected chi connectivity index (χ0v) is 19.8. The van der Waals surface area contributed by atoms with E-state index in [1.165, 1.54) is 23.0 Å². The molecule has 0 radical (unpaired) electrons. The molecule has 1 aromatic heterocycles. The Kier molecular flexibility index (Phi) is 7.24. The molecule has 2 aliphatic heterocycles. The van der Waals surface area contributed by atoms with Gasteiger partial charge in [-0.15, -0.1) is 0 Å². The quantitative estimate of drug-likeness (QED) is 0.699. The minimum Gasteiger partial charge on any atom is -0.356 e. The van der Waals surface area contributed by atoms with Crippen LogP contribution in [0, 0.1) is 11.8 Å². The van der Waals surface area contributed by atoms with Gasteiger partial charge in [0.15, 0.2) is 0 Å². The number of sulfonamides is 1. The first-order valence-electron chi connectivity index (χ1n) is 12.1. The van der Waals surface area contributed by atoms with Gasteiger partial charge in [-0.1, -0.05) is 26.2 Å². The van der Waals surface area contributed by atoms with E-state index in [2.05, 4.69) is 17.2 Å². The maximum Gasteiger partial charge on any atom is 0.270 e. The third-order valence-electron chi connectivity index (χ3n) is 7.30. The Morgan fingerprint density at radius 2 is 1.72 bits per heavy atom. The highest BCUT2D eigenvalue weighted by atomic mass is 32.2. The number of hydrogen-bond donors (Lipinski definition) is 2. The van der Waals surface area contributed by atoms with Crippen molar-refractivity contribution in [2.45, 2.75) is 75.6 Å². The molecule has 1 saturated carbocycles. The zero-order chi connectivity index (χ0) is 22.7. The third kappa shape index (κ3) is 5.20. The number of hydrogen-bond acceptors (Lipinski definition) is 4. The topological polar surface area (TPSA) is 103 Å². The Morgan fingerprint density at radius 3 is 2.44 bits per heavy atom. The van der Waals surface area contributed by atoms with Crippen LogP contribution >= 0.6 is 0 Å². The molecule has 1 aromatic rings. The summed E-state index contributed by atoms with van der Waals surface area (Å²) in [5, 5.41) is 3.14. The molecular formula is C23H36N4O4S. The normalized spacial score (nSPS) is 24.4. The molecule has 2 saturated heterocycles. The number of rotatable bonds is 5. The number of nitrogens with zero attached hydrogens (tertiary/aromatic N) is 2. The fourth-order valence-electron chi connectivity index (χ4n) is 5.12. The van der Waals surface area contributed by atoms with Crippen LogP contribution in [0.5, 0.6) is 0 Å². The molecule has 1 atom stereocenters. The summed E-state index contributed by atoms with van der Waals surface area (Å²) < 4.78 is 27.9. The first kappa shape index (κ1) is 23.3. The number of carbonyl (C=O) groups excluding carboxylic acids is 2. The number of carbonyl (C=O) groups is 2. The van der Waals surface area contributed by atoms with Crippen LogP contribution in [0.2, 0.25) is 0 Å². The lowest BCUT2D eigenvalue weighted by Crippen LogP contribution is -2.47. The first-order chi connectivity index (χ1) is 15.3. The Bertz CT molecular complexity index is 914. The SMILES string of the molecule is CC1CCN(C(=O)c2cc(S(=O)(=O)N3CCCC(C(=O)NC4CCCCC4)C3)c[nH]2)CC1. The van der Waals surface area contributed by atoms with Crippen molar-refractivity contribution in [2.75, 3.05) is 26.2 Å². The summed E-state index contributed by atoms with van der Waals surface area (Å²) in [6.07, 6.45) is 10.2. The van der Waals surface area contributed by atoms with Crippen LogP contribution in [0.25, 0.3) is 0 Å². The van der Waals surface area contributed by atoms with E-state index in [-0.39, 0.29) is 35.2 Å². The molecule has 0 bridgehead atoms. The monoisotopic (exact) mass is 464 g/mol. The molecular weight excluding hydrogens is 428 g/mol. The van der Waals surface area contributed by atoms with Gasteiger partial charge < -0.3 is 15.2 Å². The summed E-state index contributed by atoms with van der Waals surface area (Å²) in [7, 11) is -3.76. The van der Waals surface area contributed by atoms with Crippen LogP contribution in [0.4, 0.5) is 0 Å². The van der Waals surface area contributed by atoms with Gasteiger partial charge >= 0.3 is 0 Å². The Morgan fingerprint density at radius 1 is 1.00 bits per heavy atom. The van der Waals surface area contributed by atoms with Crippen molar-refractivity contribution in [1.29, 1.82) is 0 Å². The molecule has 8 nitrogen and oxygen atoms in total. The Labute approximate surface area is 191 Å². The van der Waals surface area contributed by atoms with E-state index in [0.717, 1.165) is 38.5 Å². The second-order valence-electron chi connectivity index (χ2n) is 9.77. The Balaban J connectivity index is 1.39. The fraction of sp³-hybridized carbons (Fsp3) is 0.739. The van der Waals surface area contributed by atoms with Gasteiger partial charge in [-0.25, -0.2) is 8.42 Å². The largest absolute Gasteiger partial charge is 0.356 e. The lowest BCUT2D eigenvalue weighted by atomic mass is 9.93. The molecule has 1 unspecified atom stereocenters. The van der Waals surface area contributed by atoms with Gasteiger partial charge in [-0.2, -0.15) is 4.31 Å². The second-order valence-corrected chi connectivity index (χ2v) is 11.7. The molecule has 0 aromatic carbocycles. The highest BCUT2D eigenvalue weighted by molar-refractivity contribution is 7.89. The van der Waals surface area contributed by atoms with Crippen LogP contribution in [0.3, 0.4) is 0 Å². The fourth-order valence-corrected chi connectivity index (χ4v) is 6.64. The average Bonchev–Trinajstić information content (AvgIpc) is 3.31. The molecule has 2 amide bonds. The molecule has 4 rings (SSSR count). The molecule has 3 aliphatic rings. The van der Waals surface area contributed by atoms with Gasteiger partial charge in [0.1, 0.15) is 10.6 Å². The average molecular weight is 465 g/mol. The van der Waals surface area contributed by atoms with Crippen LogP contribution in [0.15, 0.2) is 17.2 Å². The van der Waals surface area contributed by atoms with Gasteiger partial charge in [0.2, 0.25) is 15.9 Å². The van der Waals surface area contributed by atoms with Crippen molar-refractivity contribution in [1.82, 2.24) is 19.5 Å². The van der Waals surface area contributed by atoms with Gasteiger partial charge in [-0.05, 0) is 50.5 Å². The lowest BCUT2D eigenvalue weighted by molar-refractivity contribution is -0.127. The summed E-state index contributed by atoms with van der Waals surface area (Å²) in [6, 6.07) is 1.67. The van der Waals surface area contributed by atoms with Crippen LogP contribution in [-0.4, -0.2) is 66.6 Å². The first-order valence-corrected chi connectivity index (χ1v) is 13.6. The molecule has 1 aliphatic carbocycles. The number of likely N-dealkylation sites (tertiary alicyclic amines) is 1. The number of H-pyrrole nitrogens is 1. The number of nitrogens with one attached hydrogen (secondary N) is 2. The van der Waals surface area contributed by atoms with Crippen LogP contribution < -0.4 is 5.32 Å². The predicted molar refractivity (Wildman–Crippen MR) is 122 cm³/mol. The van der Waals surface area contributed by atoms with Crippen molar-refractivity contribution in [3.05, 3.63) is 18.0 Å². The molecule has 3 heterocycles. The van der Waals surface area contributed by atoms with Crippen molar-refractivity contribution < 1.29 is 18.0 Å². The van der Waals surface area contributed by atoms with E-state index in [1.54, 1.807) is 4.90 Å². The maximum atomic E-state index is 13.2. The third-order valence-corrected chi connectivity index (χ3v) is 9.14. The smallest absolute Gasteiger partial charge is 0.270 e. The minimum absolute atomic E-state index is 0.0268. The molecule has 178 valence electrons. The van der Waals surface area contributed by atoms with Crippen molar-refractivity contribution in [3.8, 4) is 0 Å². The van der Waals surface area contributed by atoms with E-state index in [1.807, 2.05) is 0 Å². The summed E-state index contributed by atoms with van der Waals surface area (Å²) in [4.78, 5) is 30.3. The summed E-state index contributed by atoms with van der Waals surface area (Å²) >= 11 is 0. The lowest BCUT2D eigenvalue weighted by Gasteiger charge is -2.32. The highest BCUT2D eigenvalue weighted by Crippen LogP contribution is 2.26. The number of piperidine rings is 2. The van der Waals surface area contributed by atoms with Crippen molar-refractivity contribution in [3.63, 3.8) is 0 Å². The number of aromatic amines is 1. The molecule has 2 N–H and O–H groups in total. The van der Waals surface area contributed by atoms with E-state index in [0.29, 0.717) is 44.1 Å². The van der Waals surface area contributed by atoms with E-state index < -0.39 is 10.0 Å². The summed E-state index contributed by atoms with van der Waals surface area (Å²) in [5.41, 5.74) is 0.307. The van der Waals surface area contributed by atoms with Crippen molar-refractivity contribution >= 4 is 21.8 Å². The maximum absolute atomic E-state index is 13.2. The highest BCUT2D eigenvalue weighted by Gasteiger charge is 2.35. The molecule has 3 fully saturated rings. The van der Waals surface area contributed by atoms with E-state index in [4.69, 9.17) is 0 Å². The van der Waals surface area contributed by atoms with Crippen LogP contribution in [0.1, 0.15) is 75.2 Å². The molecule has 0 spiro atoms. The summed E-state index contributed by atoms with van der Waals surface area (Å²) in [6.45, 7) is 4.17. The van der Waals surface area contributed by atoms with Gasteiger partial charge in [0.05, 0.1) is 5.92 Å². The summed E-state index contributed by atoms with van der Waals surface area (Å²) in [5.74, 6) is 0.111. The molecule has 9 heteroatoms. The van der Waals surface area contributed by atoms with E-state index in [9.17, 15) is 18.0 Å². The number of aromatic nitrogens is 1. The Hall–Kier alpha value is -1.87. The van der Waals surface area contributed by atoms with Crippen LogP contribution in [-0.2, 0) is 14.8 Å².